The fraction of sp³-hybridized carbons (Fsp3) is 0.375. The van der Waals surface area contributed by atoms with Gasteiger partial charge in [-0.05, 0) is 18.4 Å². The number of fused-ring (bicyclic) bond motifs is 1. The summed E-state index contributed by atoms with van der Waals surface area (Å²) in [6.07, 6.45) is 7.01. The lowest BCUT2D eigenvalue weighted by Gasteiger charge is -2.24. The Hall–Kier alpha value is -2.10. The van der Waals surface area contributed by atoms with Gasteiger partial charge in [-0.25, -0.2) is 4.98 Å². The third kappa shape index (κ3) is 3.07. The summed E-state index contributed by atoms with van der Waals surface area (Å²) in [5, 5.41) is 3.13. The summed E-state index contributed by atoms with van der Waals surface area (Å²) in [7, 11) is 0. The third-order valence-corrected chi connectivity index (χ3v) is 3.80. The number of nitrogens with zero attached hydrogens (tertiary/aromatic N) is 2. The van der Waals surface area contributed by atoms with E-state index in [1.807, 2.05) is 30.6 Å². The zero-order chi connectivity index (χ0) is 13.8. The topological polar surface area (TPSA) is 46.9 Å². The van der Waals surface area contributed by atoms with Gasteiger partial charge in [0.05, 0.1) is 0 Å². The molecule has 1 aliphatic rings. The van der Waals surface area contributed by atoms with Gasteiger partial charge >= 0.3 is 0 Å². The van der Waals surface area contributed by atoms with E-state index >= 15 is 0 Å². The average molecular weight is 269 g/mol. The molecule has 3 rings (SSSR count). The first kappa shape index (κ1) is 12.9. The van der Waals surface area contributed by atoms with Crippen molar-refractivity contribution in [3.63, 3.8) is 0 Å². The number of benzene rings is 1. The third-order valence-electron chi connectivity index (χ3n) is 3.80. The van der Waals surface area contributed by atoms with Crippen LogP contribution in [0.25, 0.3) is 0 Å². The standard InChI is InChI=1S/C16H19N3O/c20-16(7-6-13-4-2-1-3-5-13)18-14-8-10-19-11-9-17-15(19)12-14/h1-5,9,11,14H,6-8,10,12H2,(H,18,20). The molecule has 104 valence electrons. The molecule has 0 saturated carbocycles. The fourth-order valence-electron chi connectivity index (χ4n) is 2.68. The van der Waals surface area contributed by atoms with Crippen LogP contribution in [0.3, 0.4) is 0 Å². The minimum atomic E-state index is 0.138. The van der Waals surface area contributed by atoms with Gasteiger partial charge in [0.2, 0.25) is 5.91 Å². The van der Waals surface area contributed by atoms with E-state index in [1.54, 1.807) is 0 Å². The number of carbonyl (C=O) groups is 1. The van der Waals surface area contributed by atoms with Crippen LogP contribution in [0.1, 0.15) is 24.2 Å². The Morgan fingerprint density at radius 2 is 2.20 bits per heavy atom. The highest BCUT2D eigenvalue weighted by molar-refractivity contribution is 5.76. The lowest BCUT2D eigenvalue weighted by atomic mass is 10.1. The van der Waals surface area contributed by atoms with Gasteiger partial charge in [0, 0.05) is 37.8 Å². The van der Waals surface area contributed by atoms with Gasteiger partial charge in [-0.1, -0.05) is 30.3 Å². The molecule has 2 aromatic rings. The fourth-order valence-corrected chi connectivity index (χ4v) is 2.68. The van der Waals surface area contributed by atoms with E-state index in [-0.39, 0.29) is 11.9 Å². The predicted molar refractivity (Wildman–Crippen MR) is 77.2 cm³/mol. The van der Waals surface area contributed by atoms with E-state index in [1.165, 1.54) is 5.56 Å². The van der Waals surface area contributed by atoms with Crippen LogP contribution in [0.5, 0.6) is 0 Å². The van der Waals surface area contributed by atoms with E-state index in [0.717, 1.165) is 31.6 Å². The molecule has 1 amide bonds. The van der Waals surface area contributed by atoms with Crippen molar-refractivity contribution in [2.24, 2.45) is 0 Å². The highest BCUT2D eigenvalue weighted by atomic mass is 16.1. The largest absolute Gasteiger partial charge is 0.353 e. The predicted octanol–water partition coefficient (Wildman–Crippen LogP) is 1.95. The Morgan fingerprint density at radius 1 is 1.35 bits per heavy atom. The second-order valence-electron chi connectivity index (χ2n) is 5.28. The molecular weight excluding hydrogens is 250 g/mol. The van der Waals surface area contributed by atoms with Gasteiger partial charge in [0.15, 0.2) is 0 Å². The Labute approximate surface area is 118 Å². The Kier molecular flexibility index (Phi) is 3.81. The van der Waals surface area contributed by atoms with Gasteiger partial charge in [0.25, 0.3) is 0 Å². The first-order valence-corrected chi connectivity index (χ1v) is 7.14. The molecule has 0 spiro atoms. The number of aryl methyl sites for hydroxylation is 2. The van der Waals surface area contributed by atoms with Crippen molar-refractivity contribution in [1.82, 2.24) is 14.9 Å². The Balaban J connectivity index is 1.48. The number of hydrogen-bond acceptors (Lipinski definition) is 2. The monoisotopic (exact) mass is 269 g/mol. The zero-order valence-electron chi connectivity index (χ0n) is 11.5. The highest BCUT2D eigenvalue weighted by Gasteiger charge is 2.20. The van der Waals surface area contributed by atoms with Crippen molar-refractivity contribution in [3.05, 3.63) is 54.1 Å². The van der Waals surface area contributed by atoms with Crippen LogP contribution >= 0.6 is 0 Å². The van der Waals surface area contributed by atoms with Gasteiger partial charge in [-0.15, -0.1) is 0 Å². The summed E-state index contributed by atoms with van der Waals surface area (Å²) in [5.74, 6) is 1.21. The molecule has 1 unspecified atom stereocenters. The summed E-state index contributed by atoms with van der Waals surface area (Å²) in [6.45, 7) is 0.943. The molecule has 0 bridgehead atoms. The molecule has 1 aromatic carbocycles. The van der Waals surface area contributed by atoms with Crippen LogP contribution in [-0.4, -0.2) is 21.5 Å². The summed E-state index contributed by atoms with van der Waals surface area (Å²) in [4.78, 5) is 16.3. The molecule has 1 atom stereocenters. The SMILES string of the molecule is O=C(CCc1ccccc1)NC1CCn2ccnc2C1. The number of hydrogen-bond donors (Lipinski definition) is 1. The molecule has 20 heavy (non-hydrogen) atoms. The summed E-state index contributed by atoms with van der Waals surface area (Å²) >= 11 is 0. The van der Waals surface area contributed by atoms with E-state index in [0.29, 0.717) is 6.42 Å². The Bertz CT molecular complexity index is 576. The van der Waals surface area contributed by atoms with Gasteiger partial charge in [-0.2, -0.15) is 0 Å². The number of aromatic nitrogens is 2. The van der Waals surface area contributed by atoms with Crippen LogP contribution in [0, 0.1) is 0 Å². The van der Waals surface area contributed by atoms with E-state index in [2.05, 4.69) is 27.0 Å². The molecular formula is C16H19N3O. The molecule has 0 aliphatic carbocycles. The van der Waals surface area contributed by atoms with Gasteiger partial charge in [-0.3, -0.25) is 4.79 Å². The van der Waals surface area contributed by atoms with Crippen molar-refractivity contribution < 1.29 is 4.79 Å². The van der Waals surface area contributed by atoms with Crippen LogP contribution in [0.4, 0.5) is 0 Å². The summed E-state index contributed by atoms with van der Waals surface area (Å²) < 4.78 is 2.16. The molecule has 4 heteroatoms. The van der Waals surface area contributed by atoms with Crippen LogP contribution in [-0.2, 0) is 24.2 Å². The lowest BCUT2D eigenvalue weighted by molar-refractivity contribution is -0.121. The van der Waals surface area contributed by atoms with Gasteiger partial charge in [0.1, 0.15) is 5.82 Å². The van der Waals surface area contributed by atoms with Crippen molar-refractivity contribution >= 4 is 5.91 Å². The first-order chi connectivity index (χ1) is 9.81. The van der Waals surface area contributed by atoms with Crippen molar-refractivity contribution in [2.75, 3.05) is 0 Å². The molecule has 1 aromatic heterocycles. The highest BCUT2D eigenvalue weighted by Crippen LogP contribution is 2.13. The minimum Gasteiger partial charge on any atom is -0.353 e. The maximum Gasteiger partial charge on any atom is 0.220 e. The van der Waals surface area contributed by atoms with Gasteiger partial charge < -0.3 is 9.88 Å². The lowest BCUT2D eigenvalue weighted by Crippen LogP contribution is -2.40. The molecule has 0 fully saturated rings. The number of rotatable bonds is 4. The van der Waals surface area contributed by atoms with E-state index in [4.69, 9.17) is 0 Å². The molecule has 1 N–H and O–H groups in total. The normalized spacial score (nSPS) is 17.5. The quantitative estimate of drug-likeness (QED) is 0.922. The summed E-state index contributed by atoms with van der Waals surface area (Å²) in [6, 6.07) is 10.4. The smallest absolute Gasteiger partial charge is 0.220 e. The van der Waals surface area contributed by atoms with Crippen LogP contribution in [0.15, 0.2) is 42.7 Å². The molecule has 0 radical (unpaired) electrons. The number of imidazole rings is 1. The van der Waals surface area contributed by atoms with Crippen molar-refractivity contribution in [3.8, 4) is 0 Å². The number of carbonyl (C=O) groups excluding carboxylic acids is 1. The van der Waals surface area contributed by atoms with E-state index < -0.39 is 0 Å². The second-order valence-corrected chi connectivity index (χ2v) is 5.28. The first-order valence-electron chi connectivity index (χ1n) is 7.14. The Morgan fingerprint density at radius 3 is 3.05 bits per heavy atom. The molecule has 0 saturated heterocycles. The van der Waals surface area contributed by atoms with Crippen molar-refractivity contribution in [1.29, 1.82) is 0 Å². The number of amides is 1. The average Bonchev–Trinajstić information content (AvgIpc) is 2.94. The van der Waals surface area contributed by atoms with Crippen molar-refractivity contribution in [2.45, 2.75) is 38.3 Å². The second kappa shape index (κ2) is 5.90. The maximum absolute atomic E-state index is 12.0. The van der Waals surface area contributed by atoms with E-state index in [9.17, 15) is 4.79 Å². The summed E-state index contributed by atoms with van der Waals surface area (Å²) in [5.41, 5.74) is 1.21. The van der Waals surface area contributed by atoms with Crippen LogP contribution in [0.2, 0.25) is 0 Å². The zero-order valence-corrected chi connectivity index (χ0v) is 11.5. The minimum absolute atomic E-state index is 0.138. The molecule has 4 nitrogen and oxygen atoms in total. The van der Waals surface area contributed by atoms with Crippen LogP contribution < -0.4 is 5.32 Å². The maximum atomic E-state index is 12.0. The number of nitrogens with one attached hydrogen (secondary N) is 1. The molecule has 2 heterocycles. The molecule has 1 aliphatic heterocycles.